The Balaban J connectivity index is 5.27. The zero-order valence-corrected chi connectivity index (χ0v) is 13.8. The quantitative estimate of drug-likeness (QED) is 0.573. The molecule has 0 aromatic rings. The van der Waals surface area contributed by atoms with Crippen LogP contribution < -0.4 is 0 Å². The van der Waals surface area contributed by atoms with Gasteiger partial charge in [0.15, 0.2) is 8.32 Å². The van der Waals surface area contributed by atoms with Crippen molar-refractivity contribution in [1.29, 1.82) is 0 Å². The summed E-state index contributed by atoms with van der Waals surface area (Å²) in [6.07, 6.45) is -0.144. The van der Waals surface area contributed by atoms with E-state index in [1.807, 2.05) is 13.8 Å². The fraction of sp³-hybridized carbons (Fsp3) is 0.923. The summed E-state index contributed by atoms with van der Waals surface area (Å²) < 4.78 is 11.1. The van der Waals surface area contributed by atoms with Gasteiger partial charge in [-0.15, -0.1) is 0 Å². The van der Waals surface area contributed by atoms with Crippen LogP contribution in [-0.2, 0) is 14.0 Å². The monoisotopic (exact) mass is 260 g/mol. The largest absolute Gasteiger partial charge is 0.469 e. The number of hydrogen-bond donors (Lipinski definition) is 0. The number of carbonyl (C=O) groups excluding carboxylic acids is 1. The van der Waals surface area contributed by atoms with Gasteiger partial charge in [0, 0.05) is 0 Å². The molecular weight excluding hydrogens is 232 g/mol. The number of ether oxygens (including phenoxy) is 1. The van der Waals surface area contributed by atoms with Crippen molar-refractivity contribution in [3.8, 4) is 0 Å². The SMILES string of the molecule is COC(=O)C(C)(C)C(O[Si](C)(C)C)C(C)(C)C. The predicted molar refractivity (Wildman–Crippen MR) is 73.5 cm³/mol. The first-order chi connectivity index (χ1) is 7.32. The highest BCUT2D eigenvalue weighted by molar-refractivity contribution is 6.69. The standard InChI is InChI=1S/C13H28O3Si/c1-12(2,3)10(16-17(7,8)9)13(4,5)11(14)15-6/h10H,1-9H3. The molecule has 0 aromatic heterocycles. The third kappa shape index (κ3) is 4.80. The number of hydrogen-bond acceptors (Lipinski definition) is 3. The molecule has 0 spiro atoms. The number of carbonyl (C=O) groups is 1. The maximum absolute atomic E-state index is 11.9. The van der Waals surface area contributed by atoms with E-state index in [1.165, 1.54) is 7.11 Å². The summed E-state index contributed by atoms with van der Waals surface area (Å²) in [5.74, 6) is -0.212. The van der Waals surface area contributed by atoms with E-state index >= 15 is 0 Å². The van der Waals surface area contributed by atoms with Gasteiger partial charge in [0.05, 0.1) is 18.6 Å². The van der Waals surface area contributed by atoms with Crippen LogP contribution in [0.5, 0.6) is 0 Å². The van der Waals surface area contributed by atoms with Gasteiger partial charge in [-0.3, -0.25) is 4.79 Å². The molecule has 1 atom stereocenters. The van der Waals surface area contributed by atoms with Crippen molar-refractivity contribution < 1.29 is 14.0 Å². The minimum atomic E-state index is -1.71. The van der Waals surface area contributed by atoms with Gasteiger partial charge in [-0.05, 0) is 38.9 Å². The maximum atomic E-state index is 11.9. The Bertz CT molecular complexity index is 271. The number of rotatable bonds is 4. The summed E-state index contributed by atoms with van der Waals surface area (Å²) in [4.78, 5) is 11.9. The van der Waals surface area contributed by atoms with E-state index in [0.29, 0.717) is 0 Å². The molecule has 0 aromatic carbocycles. The van der Waals surface area contributed by atoms with Crippen LogP contribution in [0, 0.1) is 10.8 Å². The maximum Gasteiger partial charge on any atom is 0.313 e. The van der Waals surface area contributed by atoms with E-state index in [4.69, 9.17) is 9.16 Å². The molecular formula is C13H28O3Si. The second-order valence-electron chi connectivity index (χ2n) is 7.19. The van der Waals surface area contributed by atoms with Gasteiger partial charge in [-0.2, -0.15) is 0 Å². The highest BCUT2D eigenvalue weighted by Crippen LogP contribution is 2.38. The van der Waals surface area contributed by atoms with Crippen molar-refractivity contribution in [2.75, 3.05) is 7.11 Å². The van der Waals surface area contributed by atoms with Gasteiger partial charge in [-0.25, -0.2) is 0 Å². The lowest BCUT2D eigenvalue weighted by atomic mass is 9.73. The molecule has 0 bridgehead atoms. The Labute approximate surface area is 107 Å². The zero-order chi connectivity index (χ0) is 14.1. The Kier molecular flexibility index (Phi) is 5.00. The number of methoxy groups -OCH3 is 1. The van der Waals surface area contributed by atoms with Gasteiger partial charge in [0.1, 0.15) is 0 Å². The summed E-state index contributed by atoms with van der Waals surface area (Å²) in [5.41, 5.74) is -0.731. The summed E-state index contributed by atoms with van der Waals surface area (Å²) in [7, 11) is -0.277. The first-order valence-corrected chi connectivity index (χ1v) is 9.49. The molecule has 0 amide bonds. The van der Waals surface area contributed by atoms with Crippen LogP contribution in [0.3, 0.4) is 0 Å². The molecule has 0 aliphatic carbocycles. The molecule has 1 unspecified atom stereocenters. The highest BCUT2D eigenvalue weighted by atomic mass is 28.4. The molecule has 17 heavy (non-hydrogen) atoms. The summed E-state index contributed by atoms with van der Waals surface area (Å²) >= 11 is 0. The van der Waals surface area contributed by atoms with Gasteiger partial charge in [0.25, 0.3) is 0 Å². The second-order valence-corrected chi connectivity index (χ2v) is 11.7. The van der Waals surface area contributed by atoms with Gasteiger partial charge >= 0.3 is 5.97 Å². The Morgan fingerprint density at radius 3 is 1.71 bits per heavy atom. The molecule has 0 saturated heterocycles. The summed E-state index contributed by atoms with van der Waals surface area (Å²) in [5, 5.41) is 0. The first kappa shape index (κ1) is 16.6. The zero-order valence-electron chi connectivity index (χ0n) is 12.8. The van der Waals surface area contributed by atoms with E-state index < -0.39 is 13.7 Å². The van der Waals surface area contributed by atoms with Crippen molar-refractivity contribution in [2.24, 2.45) is 10.8 Å². The van der Waals surface area contributed by atoms with Crippen LogP contribution in [0.25, 0.3) is 0 Å². The van der Waals surface area contributed by atoms with Crippen molar-refractivity contribution in [1.82, 2.24) is 0 Å². The summed E-state index contributed by atoms with van der Waals surface area (Å²) in [6.45, 7) is 16.5. The van der Waals surface area contributed by atoms with Crippen molar-refractivity contribution >= 4 is 14.3 Å². The van der Waals surface area contributed by atoms with Crippen LogP contribution in [-0.4, -0.2) is 27.5 Å². The number of esters is 1. The van der Waals surface area contributed by atoms with E-state index in [9.17, 15) is 4.79 Å². The van der Waals surface area contributed by atoms with Crippen LogP contribution in [0.4, 0.5) is 0 Å². The van der Waals surface area contributed by atoms with E-state index in [-0.39, 0.29) is 17.5 Å². The molecule has 0 heterocycles. The van der Waals surface area contributed by atoms with Gasteiger partial charge in [0.2, 0.25) is 0 Å². The van der Waals surface area contributed by atoms with Crippen LogP contribution >= 0.6 is 0 Å². The van der Waals surface area contributed by atoms with Crippen LogP contribution in [0.1, 0.15) is 34.6 Å². The topological polar surface area (TPSA) is 35.5 Å². The third-order valence-electron chi connectivity index (χ3n) is 2.62. The van der Waals surface area contributed by atoms with E-state index in [2.05, 4.69) is 40.4 Å². The molecule has 0 rings (SSSR count). The molecule has 3 nitrogen and oxygen atoms in total. The second kappa shape index (κ2) is 5.10. The van der Waals surface area contributed by atoms with Crippen molar-refractivity contribution in [3.05, 3.63) is 0 Å². The van der Waals surface area contributed by atoms with E-state index in [0.717, 1.165) is 0 Å². The van der Waals surface area contributed by atoms with Crippen LogP contribution in [0.2, 0.25) is 19.6 Å². The highest BCUT2D eigenvalue weighted by Gasteiger charge is 2.46. The predicted octanol–water partition coefficient (Wildman–Crippen LogP) is 3.45. The lowest BCUT2D eigenvalue weighted by molar-refractivity contribution is -0.161. The minimum Gasteiger partial charge on any atom is -0.469 e. The van der Waals surface area contributed by atoms with Gasteiger partial charge < -0.3 is 9.16 Å². The molecule has 0 N–H and O–H groups in total. The molecule has 4 heteroatoms. The van der Waals surface area contributed by atoms with E-state index in [1.54, 1.807) is 0 Å². The smallest absolute Gasteiger partial charge is 0.313 e. The molecule has 0 radical (unpaired) electrons. The Morgan fingerprint density at radius 2 is 1.47 bits per heavy atom. The molecule has 102 valence electrons. The Hall–Kier alpha value is -0.353. The average molecular weight is 260 g/mol. The van der Waals surface area contributed by atoms with Crippen molar-refractivity contribution in [3.63, 3.8) is 0 Å². The molecule has 0 fully saturated rings. The van der Waals surface area contributed by atoms with Gasteiger partial charge in [-0.1, -0.05) is 20.8 Å². The minimum absolute atomic E-state index is 0.0992. The average Bonchev–Trinajstić information content (AvgIpc) is 2.09. The molecule has 0 aliphatic heterocycles. The lowest BCUT2D eigenvalue weighted by Crippen LogP contribution is -2.51. The third-order valence-corrected chi connectivity index (χ3v) is 3.57. The summed E-state index contributed by atoms with van der Waals surface area (Å²) in [6, 6.07) is 0. The first-order valence-electron chi connectivity index (χ1n) is 6.08. The molecule has 0 aliphatic rings. The normalized spacial score (nSPS) is 15.6. The lowest BCUT2D eigenvalue weighted by Gasteiger charge is -2.43. The molecule has 0 saturated carbocycles. The fourth-order valence-electron chi connectivity index (χ4n) is 2.13. The fourth-order valence-corrected chi connectivity index (χ4v) is 3.49. The van der Waals surface area contributed by atoms with Crippen LogP contribution in [0.15, 0.2) is 0 Å². The van der Waals surface area contributed by atoms with Crippen molar-refractivity contribution in [2.45, 2.75) is 60.4 Å². The Morgan fingerprint density at radius 1 is 1.06 bits per heavy atom.